The van der Waals surface area contributed by atoms with Gasteiger partial charge in [0.25, 0.3) is 0 Å². The van der Waals surface area contributed by atoms with E-state index in [4.69, 9.17) is 0 Å². The predicted octanol–water partition coefficient (Wildman–Crippen LogP) is 2.78. The second-order valence-electron chi connectivity index (χ2n) is 4.93. The van der Waals surface area contributed by atoms with Crippen molar-refractivity contribution in [3.63, 3.8) is 0 Å². The highest BCUT2D eigenvalue weighted by molar-refractivity contribution is 5.83. The molecule has 0 aliphatic heterocycles. The zero-order valence-corrected chi connectivity index (χ0v) is 11.8. The number of aliphatic hydroxyl groups excluding tert-OH is 1. The van der Waals surface area contributed by atoms with Gasteiger partial charge in [-0.3, -0.25) is 4.79 Å². The van der Waals surface area contributed by atoms with Gasteiger partial charge in [0.2, 0.25) is 5.91 Å². The quantitative estimate of drug-likeness (QED) is 0.888. The van der Waals surface area contributed by atoms with Crippen LogP contribution < -0.4 is 5.32 Å². The first-order chi connectivity index (χ1) is 10.1. The van der Waals surface area contributed by atoms with E-state index >= 15 is 0 Å². The summed E-state index contributed by atoms with van der Waals surface area (Å²) < 4.78 is 13.2. The summed E-state index contributed by atoms with van der Waals surface area (Å²) >= 11 is 0. The zero-order valence-electron chi connectivity index (χ0n) is 11.8. The third kappa shape index (κ3) is 3.89. The maximum atomic E-state index is 13.2. The van der Waals surface area contributed by atoms with Gasteiger partial charge in [0.1, 0.15) is 5.82 Å². The molecule has 2 unspecified atom stereocenters. The number of amides is 1. The Balaban J connectivity index is 2.09. The summed E-state index contributed by atoms with van der Waals surface area (Å²) in [7, 11) is 0. The van der Waals surface area contributed by atoms with Gasteiger partial charge >= 0.3 is 0 Å². The van der Waals surface area contributed by atoms with Gasteiger partial charge in [0.05, 0.1) is 18.6 Å². The van der Waals surface area contributed by atoms with Crippen LogP contribution in [0.3, 0.4) is 0 Å². The van der Waals surface area contributed by atoms with E-state index in [2.05, 4.69) is 5.32 Å². The highest BCUT2D eigenvalue weighted by atomic mass is 19.1. The van der Waals surface area contributed by atoms with Crippen LogP contribution in [0.15, 0.2) is 54.6 Å². The molecule has 0 bridgehead atoms. The first-order valence-corrected chi connectivity index (χ1v) is 6.83. The van der Waals surface area contributed by atoms with Crippen molar-refractivity contribution in [3.05, 3.63) is 71.5 Å². The minimum Gasteiger partial charge on any atom is -0.394 e. The number of rotatable bonds is 5. The topological polar surface area (TPSA) is 49.3 Å². The summed E-state index contributed by atoms with van der Waals surface area (Å²) in [6.07, 6.45) is 0. The maximum Gasteiger partial charge on any atom is 0.227 e. The molecule has 0 spiro atoms. The Morgan fingerprint density at radius 2 is 1.81 bits per heavy atom. The van der Waals surface area contributed by atoms with Crippen LogP contribution in [0.25, 0.3) is 0 Å². The molecule has 0 aliphatic carbocycles. The summed E-state index contributed by atoms with van der Waals surface area (Å²) in [4.78, 5) is 12.3. The Hall–Kier alpha value is -2.20. The van der Waals surface area contributed by atoms with Gasteiger partial charge in [-0.05, 0) is 30.2 Å². The molecule has 0 saturated carbocycles. The first kappa shape index (κ1) is 15.2. The lowest BCUT2D eigenvalue weighted by Crippen LogP contribution is -2.33. The fraction of sp³-hybridized carbons (Fsp3) is 0.235. The minimum absolute atomic E-state index is 0.189. The Morgan fingerprint density at radius 3 is 2.43 bits per heavy atom. The summed E-state index contributed by atoms with van der Waals surface area (Å²) in [5.41, 5.74) is 1.44. The molecule has 3 nitrogen and oxygen atoms in total. The molecule has 2 N–H and O–H groups in total. The largest absolute Gasteiger partial charge is 0.394 e. The van der Waals surface area contributed by atoms with E-state index in [-0.39, 0.29) is 18.3 Å². The molecule has 0 fully saturated rings. The molecule has 4 heteroatoms. The molecule has 0 radical (unpaired) electrons. The first-order valence-electron chi connectivity index (χ1n) is 6.83. The molecule has 0 heterocycles. The second kappa shape index (κ2) is 6.99. The van der Waals surface area contributed by atoms with Crippen molar-refractivity contribution in [2.24, 2.45) is 0 Å². The molecule has 2 atom stereocenters. The number of hydrogen-bond donors (Lipinski definition) is 2. The maximum absolute atomic E-state index is 13.2. The van der Waals surface area contributed by atoms with Crippen LogP contribution in [-0.2, 0) is 4.79 Å². The van der Waals surface area contributed by atoms with Crippen LogP contribution >= 0.6 is 0 Å². The number of halogens is 1. The van der Waals surface area contributed by atoms with Crippen molar-refractivity contribution < 1.29 is 14.3 Å². The van der Waals surface area contributed by atoms with Gasteiger partial charge < -0.3 is 10.4 Å². The Labute approximate surface area is 123 Å². The molecule has 0 aromatic heterocycles. The van der Waals surface area contributed by atoms with Crippen LogP contribution in [0.4, 0.5) is 4.39 Å². The fourth-order valence-corrected chi connectivity index (χ4v) is 2.14. The average Bonchev–Trinajstić information content (AvgIpc) is 2.52. The van der Waals surface area contributed by atoms with Crippen LogP contribution in [0.5, 0.6) is 0 Å². The molecule has 2 aromatic rings. The van der Waals surface area contributed by atoms with Gasteiger partial charge in [0, 0.05) is 0 Å². The van der Waals surface area contributed by atoms with Crippen molar-refractivity contribution in [3.8, 4) is 0 Å². The number of nitrogens with one attached hydrogen (secondary N) is 1. The van der Waals surface area contributed by atoms with Gasteiger partial charge in [-0.2, -0.15) is 0 Å². The molecule has 0 aliphatic rings. The van der Waals surface area contributed by atoms with Crippen molar-refractivity contribution in [1.29, 1.82) is 0 Å². The third-order valence-electron chi connectivity index (χ3n) is 3.44. The van der Waals surface area contributed by atoms with E-state index in [1.807, 2.05) is 30.3 Å². The van der Waals surface area contributed by atoms with Crippen molar-refractivity contribution in [2.45, 2.75) is 18.9 Å². The molecule has 1 amide bonds. The number of aliphatic hydroxyl groups is 1. The van der Waals surface area contributed by atoms with Crippen LogP contribution in [0.1, 0.15) is 30.0 Å². The van der Waals surface area contributed by atoms with Gasteiger partial charge in [0.15, 0.2) is 0 Å². The van der Waals surface area contributed by atoms with E-state index < -0.39 is 12.0 Å². The van der Waals surface area contributed by atoms with Gasteiger partial charge in [-0.25, -0.2) is 4.39 Å². The predicted molar refractivity (Wildman–Crippen MR) is 79.2 cm³/mol. The van der Waals surface area contributed by atoms with Crippen LogP contribution in [-0.4, -0.2) is 17.6 Å². The molecular formula is C17H18FNO2. The zero-order chi connectivity index (χ0) is 15.2. The highest BCUT2D eigenvalue weighted by Gasteiger charge is 2.20. The van der Waals surface area contributed by atoms with E-state index in [0.29, 0.717) is 5.56 Å². The highest BCUT2D eigenvalue weighted by Crippen LogP contribution is 2.19. The Kier molecular flexibility index (Phi) is 5.06. The lowest BCUT2D eigenvalue weighted by Gasteiger charge is -2.20. The number of carbonyl (C=O) groups is 1. The molecule has 0 saturated heterocycles. The van der Waals surface area contributed by atoms with Crippen molar-refractivity contribution in [2.75, 3.05) is 6.61 Å². The van der Waals surface area contributed by atoms with E-state index in [1.165, 1.54) is 12.1 Å². The smallest absolute Gasteiger partial charge is 0.227 e. The molecular weight excluding hydrogens is 269 g/mol. The van der Waals surface area contributed by atoms with Gasteiger partial charge in [-0.1, -0.05) is 42.5 Å². The fourth-order valence-electron chi connectivity index (χ4n) is 2.14. The number of benzene rings is 2. The lowest BCUT2D eigenvalue weighted by atomic mass is 9.99. The van der Waals surface area contributed by atoms with E-state index in [1.54, 1.807) is 19.1 Å². The Morgan fingerprint density at radius 1 is 1.14 bits per heavy atom. The summed E-state index contributed by atoms with van der Waals surface area (Å²) in [6, 6.07) is 14.8. The average molecular weight is 287 g/mol. The van der Waals surface area contributed by atoms with Crippen LogP contribution in [0, 0.1) is 5.82 Å². The lowest BCUT2D eigenvalue weighted by molar-refractivity contribution is -0.123. The standard InChI is InChI=1S/C17H18FNO2/c1-12(14-8-5-9-15(18)10-14)17(21)19-16(11-20)13-6-3-2-4-7-13/h2-10,12,16,20H,11H2,1H3,(H,19,21). The SMILES string of the molecule is CC(C(=O)NC(CO)c1ccccc1)c1cccc(F)c1. The van der Waals surface area contributed by atoms with Crippen molar-refractivity contribution in [1.82, 2.24) is 5.32 Å². The summed E-state index contributed by atoms with van der Waals surface area (Å²) in [5, 5.41) is 12.2. The molecule has 21 heavy (non-hydrogen) atoms. The van der Waals surface area contributed by atoms with E-state index in [9.17, 15) is 14.3 Å². The summed E-state index contributed by atoms with van der Waals surface area (Å²) in [5.74, 6) is -1.10. The molecule has 2 rings (SSSR count). The second-order valence-corrected chi connectivity index (χ2v) is 4.93. The summed E-state index contributed by atoms with van der Waals surface area (Å²) in [6.45, 7) is 1.52. The third-order valence-corrected chi connectivity index (χ3v) is 3.44. The molecule has 2 aromatic carbocycles. The van der Waals surface area contributed by atoms with E-state index in [0.717, 1.165) is 5.56 Å². The number of carbonyl (C=O) groups excluding carboxylic acids is 1. The number of hydrogen-bond acceptors (Lipinski definition) is 2. The normalized spacial score (nSPS) is 13.5. The minimum atomic E-state index is -0.488. The van der Waals surface area contributed by atoms with Crippen molar-refractivity contribution >= 4 is 5.91 Å². The van der Waals surface area contributed by atoms with Gasteiger partial charge in [-0.15, -0.1) is 0 Å². The Bertz CT molecular complexity index is 601. The van der Waals surface area contributed by atoms with Crippen LogP contribution in [0.2, 0.25) is 0 Å². The molecule has 110 valence electrons. The monoisotopic (exact) mass is 287 g/mol.